The minimum atomic E-state index is 0. The van der Waals surface area contributed by atoms with Gasteiger partial charge in [0.05, 0.1) is 6.10 Å². The lowest BCUT2D eigenvalue weighted by Crippen LogP contribution is -2.15. The average molecular weight is 242 g/mol. The Morgan fingerprint density at radius 3 is 2.69 bits per heavy atom. The van der Waals surface area contributed by atoms with Crippen LogP contribution in [0.3, 0.4) is 0 Å². The van der Waals surface area contributed by atoms with Gasteiger partial charge in [0, 0.05) is 11.6 Å². The Labute approximate surface area is 104 Å². The first-order valence-electron chi connectivity index (χ1n) is 5.76. The summed E-state index contributed by atoms with van der Waals surface area (Å²) in [5.74, 6) is 1.03. The SMILES string of the molecule is CC(C)Oc1ccccc1[C@@H]1CCCN1.Cl. The highest BCUT2D eigenvalue weighted by Crippen LogP contribution is 2.31. The fourth-order valence-corrected chi connectivity index (χ4v) is 2.08. The van der Waals surface area contributed by atoms with Gasteiger partial charge >= 0.3 is 0 Å². The van der Waals surface area contributed by atoms with Crippen molar-refractivity contribution in [2.75, 3.05) is 6.54 Å². The smallest absolute Gasteiger partial charge is 0.124 e. The number of benzene rings is 1. The summed E-state index contributed by atoms with van der Waals surface area (Å²) in [7, 11) is 0. The van der Waals surface area contributed by atoms with Crippen LogP contribution in [0.15, 0.2) is 24.3 Å². The number of halogens is 1. The molecule has 1 aliphatic heterocycles. The van der Waals surface area contributed by atoms with Crippen LogP contribution in [-0.4, -0.2) is 12.6 Å². The standard InChI is InChI=1S/C13H19NO.ClH/c1-10(2)15-13-8-4-3-6-11(13)12-7-5-9-14-12;/h3-4,6,8,10,12,14H,5,7,9H2,1-2H3;1H/t12-;/m0./s1. The number of para-hydroxylation sites is 1. The summed E-state index contributed by atoms with van der Waals surface area (Å²) in [5.41, 5.74) is 1.31. The number of nitrogens with one attached hydrogen (secondary N) is 1. The van der Waals surface area contributed by atoms with Crippen molar-refractivity contribution < 1.29 is 4.74 Å². The Bertz CT molecular complexity index is 321. The van der Waals surface area contributed by atoms with Gasteiger partial charge in [0.25, 0.3) is 0 Å². The molecular formula is C13H20ClNO. The molecule has 1 heterocycles. The molecule has 90 valence electrons. The molecule has 16 heavy (non-hydrogen) atoms. The molecule has 0 amide bonds. The predicted molar refractivity (Wildman–Crippen MR) is 69.4 cm³/mol. The third kappa shape index (κ3) is 3.13. The molecule has 1 aromatic carbocycles. The summed E-state index contributed by atoms with van der Waals surface area (Å²) >= 11 is 0. The second-order valence-corrected chi connectivity index (χ2v) is 4.35. The molecular weight excluding hydrogens is 222 g/mol. The third-order valence-electron chi connectivity index (χ3n) is 2.72. The molecule has 1 atom stereocenters. The van der Waals surface area contributed by atoms with E-state index < -0.39 is 0 Å². The van der Waals surface area contributed by atoms with Gasteiger partial charge in [0.2, 0.25) is 0 Å². The van der Waals surface area contributed by atoms with E-state index in [0.717, 1.165) is 12.3 Å². The maximum absolute atomic E-state index is 5.82. The monoisotopic (exact) mass is 241 g/mol. The van der Waals surface area contributed by atoms with Crippen LogP contribution in [0.5, 0.6) is 5.75 Å². The first-order valence-corrected chi connectivity index (χ1v) is 5.76. The maximum Gasteiger partial charge on any atom is 0.124 e. The second kappa shape index (κ2) is 6.12. The quantitative estimate of drug-likeness (QED) is 0.877. The van der Waals surface area contributed by atoms with Crippen molar-refractivity contribution in [1.82, 2.24) is 5.32 Å². The lowest BCUT2D eigenvalue weighted by molar-refractivity contribution is 0.238. The summed E-state index contributed by atoms with van der Waals surface area (Å²) in [6, 6.07) is 8.84. The van der Waals surface area contributed by atoms with E-state index in [1.807, 2.05) is 6.07 Å². The first kappa shape index (κ1) is 13.3. The van der Waals surface area contributed by atoms with Crippen LogP contribution < -0.4 is 10.1 Å². The topological polar surface area (TPSA) is 21.3 Å². The maximum atomic E-state index is 5.82. The zero-order chi connectivity index (χ0) is 10.7. The van der Waals surface area contributed by atoms with Gasteiger partial charge in [-0.1, -0.05) is 18.2 Å². The Balaban J connectivity index is 0.00000128. The zero-order valence-corrected chi connectivity index (χ0v) is 10.7. The molecule has 1 aromatic rings. The van der Waals surface area contributed by atoms with E-state index in [0.29, 0.717) is 6.04 Å². The molecule has 1 saturated heterocycles. The average Bonchev–Trinajstić information content (AvgIpc) is 2.70. The molecule has 0 spiro atoms. The van der Waals surface area contributed by atoms with E-state index in [1.165, 1.54) is 18.4 Å². The van der Waals surface area contributed by atoms with Crippen LogP contribution >= 0.6 is 12.4 Å². The van der Waals surface area contributed by atoms with Gasteiger partial charge < -0.3 is 10.1 Å². The van der Waals surface area contributed by atoms with Crippen molar-refractivity contribution in [3.63, 3.8) is 0 Å². The van der Waals surface area contributed by atoms with Gasteiger partial charge in [-0.15, -0.1) is 12.4 Å². The van der Waals surface area contributed by atoms with Crippen molar-refractivity contribution in [3.05, 3.63) is 29.8 Å². The first-order chi connectivity index (χ1) is 7.27. The van der Waals surface area contributed by atoms with E-state index in [-0.39, 0.29) is 18.5 Å². The number of ether oxygens (including phenoxy) is 1. The summed E-state index contributed by atoms with van der Waals surface area (Å²) in [4.78, 5) is 0. The van der Waals surface area contributed by atoms with Gasteiger partial charge in [-0.3, -0.25) is 0 Å². The highest BCUT2D eigenvalue weighted by Gasteiger charge is 2.19. The normalized spacial score (nSPS) is 19.6. The zero-order valence-electron chi connectivity index (χ0n) is 9.90. The van der Waals surface area contributed by atoms with Crippen molar-refractivity contribution in [2.24, 2.45) is 0 Å². The molecule has 0 saturated carbocycles. The number of hydrogen-bond acceptors (Lipinski definition) is 2. The highest BCUT2D eigenvalue weighted by molar-refractivity contribution is 5.85. The van der Waals surface area contributed by atoms with Crippen LogP contribution in [-0.2, 0) is 0 Å². The second-order valence-electron chi connectivity index (χ2n) is 4.35. The molecule has 1 N–H and O–H groups in total. The summed E-state index contributed by atoms with van der Waals surface area (Å²) in [5, 5.41) is 3.51. The molecule has 0 radical (unpaired) electrons. The largest absolute Gasteiger partial charge is 0.491 e. The van der Waals surface area contributed by atoms with Crippen molar-refractivity contribution in [3.8, 4) is 5.75 Å². The van der Waals surface area contributed by atoms with Crippen molar-refractivity contribution >= 4 is 12.4 Å². The van der Waals surface area contributed by atoms with E-state index in [2.05, 4.69) is 37.4 Å². The molecule has 0 aromatic heterocycles. The Kier molecular flexibility index (Phi) is 5.10. The van der Waals surface area contributed by atoms with Crippen LogP contribution in [0.2, 0.25) is 0 Å². The van der Waals surface area contributed by atoms with Crippen molar-refractivity contribution in [2.45, 2.75) is 38.8 Å². The molecule has 1 aliphatic rings. The number of hydrogen-bond donors (Lipinski definition) is 1. The Morgan fingerprint density at radius 2 is 2.06 bits per heavy atom. The van der Waals surface area contributed by atoms with Gasteiger partial charge in [0.15, 0.2) is 0 Å². The fourth-order valence-electron chi connectivity index (χ4n) is 2.08. The molecule has 0 unspecified atom stereocenters. The molecule has 1 fully saturated rings. The van der Waals surface area contributed by atoms with Gasteiger partial charge in [-0.05, 0) is 39.3 Å². The molecule has 0 aliphatic carbocycles. The Hall–Kier alpha value is -0.730. The molecule has 2 nitrogen and oxygen atoms in total. The minimum Gasteiger partial charge on any atom is -0.491 e. The molecule has 3 heteroatoms. The van der Waals surface area contributed by atoms with E-state index in [4.69, 9.17) is 4.74 Å². The molecule has 0 bridgehead atoms. The van der Waals surface area contributed by atoms with E-state index >= 15 is 0 Å². The van der Waals surface area contributed by atoms with Gasteiger partial charge in [0.1, 0.15) is 5.75 Å². The summed E-state index contributed by atoms with van der Waals surface area (Å²) in [6.45, 7) is 5.26. The van der Waals surface area contributed by atoms with Crippen molar-refractivity contribution in [1.29, 1.82) is 0 Å². The third-order valence-corrected chi connectivity index (χ3v) is 2.72. The van der Waals surface area contributed by atoms with Gasteiger partial charge in [-0.25, -0.2) is 0 Å². The van der Waals surface area contributed by atoms with Crippen LogP contribution in [0.1, 0.15) is 38.3 Å². The number of rotatable bonds is 3. The van der Waals surface area contributed by atoms with Gasteiger partial charge in [-0.2, -0.15) is 0 Å². The van der Waals surface area contributed by atoms with Crippen LogP contribution in [0.25, 0.3) is 0 Å². The lowest BCUT2D eigenvalue weighted by atomic mass is 10.0. The van der Waals surface area contributed by atoms with E-state index in [9.17, 15) is 0 Å². The van der Waals surface area contributed by atoms with E-state index in [1.54, 1.807) is 0 Å². The molecule has 2 rings (SSSR count). The summed E-state index contributed by atoms with van der Waals surface area (Å²) < 4.78 is 5.82. The lowest BCUT2D eigenvalue weighted by Gasteiger charge is -2.18. The fraction of sp³-hybridized carbons (Fsp3) is 0.538. The predicted octanol–water partition coefficient (Wildman–Crippen LogP) is 3.32. The van der Waals surface area contributed by atoms with Crippen LogP contribution in [0.4, 0.5) is 0 Å². The minimum absolute atomic E-state index is 0. The highest BCUT2D eigenvalue weighted by atomic mass is 35.5. The van der Waals surface area contributed by atoms with Crippen LogP contribution in [0, 0.1) is 0 Å². The summed E-state index contributed by atoms with van der Waals surface area (Å²) in [6.07, 6.45) is 2.73. The Morgan fingerprint density at radius 1 is 1.31 bits per heavy atom.